The number of nitrogens with zero attached hydrogens (tertiary/aromatic N) is 2. The van der Waals surface area contributed by atoms with Gasteiger partial charge in [0.25, 0.3) is 5.69 Å². The average Bonchev–Trinajstić information content (AvgIpc) is 2.32. The van der Waals surface area contributed by atoms with Gasteiger partial charge in [0, 0.05) is 17.5 Å². The van der Waals surface area contributed by atoms with Crippen LogP contribution in [0.5, 0.6) is 5.88 Å². The standard InChI is InChI=1S/C11H8Cl2N2O3/c1-5-3-8(18-2)14-11-7(15(16)17)4-6(12)10(13)9(5)11/h3-4H,1-2H3. The minimum Gasteiger partial charge on any atom is -0.481 e. The highest BCUT2D eigenvalue weighted by Gasteiger charge is 2.21. The lowest BCUT2D eigenvalue weighted by Crippen LogP contribution is -1.96. The minimum absolute atomic E-state index is 0.130. The van der Waals surface area contributed by atoms with Crippen molar-refractivity contribution in [2.24, 2.45) is 0 Å². The number of aromatic nitrogens is 1. The van der Waals surface area contributed by atoms with Crippen molar-refractivity contribution in [3.05, 3.63) is 37.9 Å². The third kappa shape index (κ3) is 1.95. The molecule has 7 heteroatoms. The van der Waals surface area contributed by atoms with Crippen molar-refractivity contribution < 1.29 is 9.66 Å². The molecule has 2 rings (SSSR count). The van der Waals surface area contributed by atoms with Crippen molar-refractivity contribution in [3.8, 4) is 5.88 Å². The molecule has 5 nitrogen and oxygen atoms in total. The maximum Gasteiger partial charge on any atom is 0.297 e. The molecular formula is C11H8Cl2N2O3. The first-order chi connectivity index (χ1) is 8.45. The summed E-state index contributed by atoms with van der Waals surface area (Å²) in [5.74, 6) is 0.293. The van der Waals surface area contributed by atoms with Crippen molar-refractivity contribution >= 4 is 39.8 Å². The van der Waals surface area contributed by atoms with E-state index in [0.29, 0.717) is 16.8 Å². The van der Waals surface area contributed by atoms with Crippen molar-refractivity contribution in [2.75, 3.05) is 7.11 Å². The number of aryl methyl sites for hydroxylation is 1. The van der Waals surface area contributed by atoms with Gasteiger partial charge in [-0.05, 0) is 12.5 Å². The maximum absolute atomic E-state index is 11.0. The van der Waals surface area contributed by atoms with Crippen LogP contribution in [-0.4, -0.2) is 17.0 Å². The van der Waals surface area contributed by atoms with Crippen LogP contribution in [-0.2, 0) is 0 Å². The van der Waals surface area contributed by atoms with E-state index in [1.165, 1.54) is 13.2 Å². The van der Waals surface area contributed by atoms with Crippen molar-refractivity contribution in [3.63, 3.8) is 0 Å². The highest BCUT2D eigenvalue weighted by atomic mass is 35.5. The molecule has 2 aromatic rings. The number of non-ortho nitro benzene ring substituents is 1. The molecule has 0 amide bonds. The number of hydrogen-bond donors (Lipinski definition) is 0. The quantitative estimate of drug-likeness (QED) is 0.623. The van der Waals surface area contributed by atoms with Crippen molar-refractivity contribution in [2.45, 2.75) is 6.92 Å². The summed E-state index contributed by atoms with van der Waals surface area (Å²) in [4.78, 5) is 14.5. The number of methoxy groups -OCH3 is 1. The molecule has 1 aromatic heterocycles. The molecule has 0 bridgehead atoms. The van der Waals surface area contributed by atoms with Gasteiger partial charge >= 0.3 is 0 Å². The lowest BCUT2D eigenvalue weighted by molar-refractivity contribution is -0.383. The predicted octanol–water partition coefficient (Wildman–Crippen LogP) is 3.77. The van der Waals surface area contributed by atoms with Crippen LogP contribution in [0, 0.1) is 17.0 Å². The van der Waals surface area contributed by atoms with Crippen LogP contribution in [0.25, 0.3) is 10.9 Å². The fourth-order valence-corrected chi connectivity index (χ4v) is 2.21. The van der Waals surface area contributed by atoms with E-state index in [0.717, 1.165) is 0 Å². The number of nitro groups is 1. The zero-order chi connectivity index (χ0) is 13.4. The second-order valence-corrected chi connectivity index (χ2v) is 4.44. The third-order valence-corrected chi connectivity index (χ3v) is 3.32. The number of nitro benzene ring substituents is 1. The van der Waals surface area contributed by atoms with Crippen molar-refractivity contribution in [1.82, 2.24) is 4.98 Å². The molecule has 0 N–H and O–H groups in total. The number of benzene rings is 1. The molecular weight excluding hydrogens is 279 g/mol. The molecule has 0 saturated carbocycles. The zero-order valence-corrected chi connectivity index (χ0v) is 11.0. The third-order valence-electron chi connectivity index (χ3n) is 2.53. The Bertz CT molecular complexity index is 659. The summed E-state index contributed by atoms with van der Waals surface area (Å²) in [6.45, 7) is 1.76. The Kier molecular flexibility index (Phi) is 3.28. The lowest BCUT2D eigenvalue weighted by Gasteiger charge is -2.08. The summed E-state index contributed by atoms with van der Waals surface area (Å²) < 4.78 is 5.00. The van der Waals surface area contributed by atoms with Gasteiger partial charge in [0.05, 0.1) is 22.1 Å². The number of pyridine rings is 1. The first-order valence-corrected chi connectivity index (χ1v) is 5.69. The van der Waals surface area contributed by atoms with E-state index in [9.17, 15) is 10.1 Å². The Balaban J connectivity index is 2.98. The van der Waals surface area contributed by atoms with Crippen LogP contribution in [0.15, 0.2) is 12.1 Å². The molecule has 94 valence electrons. The Hall–Kier alpha value is -1.59. The number of ether oxygens (including phenoxy) is 1. The highest BCUT2D eigenvalue weighted by Crippen LogP contribution is 2.38. The van der Waals surface area contributed by atoms with E-state index in [2.05, 4.69) is 4.98 Å². The monoisotopic (exact) mass is 286 g/mol. The van der Waals surface area contributed by atoms with Gasteiger partial charge in [-0.2, -0.15) is 0 Å². The molecule has 0 unspecified atom stereocenters. The predicted molar refractivity (Wildman–Crippen MR) is 69.7 cm³/mol. The highest BCUT2D eigenvalue weighted by molar-refractivity contribution is 6.45. The van der Waals surface area contributed by atoms with Gasteiger partial charge in [-0.3, -0.25) is 10.1 Å². The number of halogens is 2. The molecule has 0 radical (unpaired) electrons. The molecule has 1 heterocycles. The fourth-order valence-electron chi connectivity index (χ4n) is 1.72. The molecule has 0 fully saturated rings. The summed E-state index contributed by atoms with van der Waals surface area (Å²) >= 11 is 12.0. The largest absolute Gasteiger partial charge is 0.481 e. The number of rotatable bonds is 2. The Morgan fingerprint density at radius 3 is 2.61 bits per heavy atom. The zero-order valence-electron chi connectivity index (χ0n) is 9.53. The summed E-state index contributed by atoms with van der Waals surface area (Å²) in [6.07, 6.45) is 0. The fraction of sp³-hybridized carbons (Fsp3) is 0.182. The molecule has 0 saturated heterocycles. The lowest BCUT2D eigenvalue weighted by atomic mass is 10.1. The van der Waals surface area contributed by atoms with E-state index in [1.54, 1.807) is 13.0 Å². The topological polar surface area (TPSA) is 65.3 Å². The Morgan fingerprint density at radius 2 is 2.06 bits per heavy atom. The van der Waals surface area contributed by atoms with E-state index in [4.69, 9.17) is 27.9 Å². The SMILES string of the molecule is COc1cc(C)c2c(Cl)c(Cl)cc([N+](=O)[O-])c2n1. The average molecular weight is 287 g/mol. The first-order valence-electron chi connectivity index (χ1n) is 4.93. The van der Waals surface area contributed by atoms with Gasteiger partial charge in [0.15, 0.2) is 5.52 Å². The molecule has 0 aliphatic heterocycles. The molecule has 0 aliphatic carbocycles. The molecule has 0 atom stereocenters. The van der Waals surface area contributed by atoms with E-state index in [-0.39, 0.29) is 21.2 Å². The molecule has 1 aromatic carbocycles. The van der Waals surface area contributed by atoms with Crippen LogP contribution in [0.3, 0.4) is 0 Å². The first kappa shape index (κ1) is 12.9. The number of hydrogen-bond acceptors (Lipinski definition) is 4. The summed E-state index contributed by atoms with van der Waals surface area (Å²) in [6, 6.07) is 2.84. The van der Waals surface area contributed by atoms with Gasteiger partial charge in [-0.1, -0.05) is 23.2 Å². The van der Waals surface area contributed by atoms with Crippen LogP contribution in [0.2, 0.25) is 10.0 Å². The van der Waals surface area contributed by atoms with E-state index >= 15 is 0 Å². The summed E-state index contributed by atoms with van der Waals surface area (Å²) in [7, 11) is 1.44. The second kappa shape index (κ2) is 4.59. The van der Waals surface area contributed by atoms with E-state index in [1.807, 2.05) is 0 Å². The van der Waals surface area contributed by atoms with Crippen LogP contribution < -0.4 is 4.74 Å². The summed E-state index contributed by atoms with van der Waals surface area (Å²) in [5.41, 5.74) is 0.695. The van der Waals surface area contributed by atoms with Crippen LogP contribution in [0.4, 0.5) is 5.69 Å². The number of fused-ring (bicyclic) bond motifs is 1. The van der Waals surface area contributed by atoms with Gasteiger partial charge < -0.3 is 4.74 Å². The smallest absolute Gasteiger partial charge is 0.297 e. The van der Waals surface area contributed by atoms with Crippen LogP contribution in [0.1, 0.15) is 5.56 Å². The molecule has 18 heavy (non-hydrogen) atoms. The van der Waals surface area contributed by atoms with Gasteiger partial charge in [0.2, 0.25) is 5.88 Å². The molecule has 0 spiro atoms. The Labute approximate surface area is 112 Å². The van der Waals surface area contributed by atoms with Gasteiger partial charge in [-0.25, -0.2) is 4.98 Å². The van der Waals surface area contributed by atoms with Crippen molar-refractivity contribution in [1.29, 1.82) is 0 Å². The van der Waals surface area contributed by atoms with Gasteiger partial charge in [0.1, 0.15) is 0 Å². The molecule has 0 aliphatic rings. The van der Waals surface area contributed by atoms with Crippen LogP contribution >= 0.6 is 23.2 Å². The maximum atomic E-state index is 11.0. The minimum atomic E-state index is -0.545. The van der Waals surface area contributed by atoms with Gasteiger partial charge in [-0.15, -0.1) is 0 Å². The van der Waals surface area contributed by atoms with E-state index < -0.39 is 4.92 Å². The summed E-state index contributed by atoms with van der Waals surface area (Å²) in [5, 5.41) is 11.9. The second-order valence-electron chi connectivity index (χ2n) is 3.65. The normalized spacial score (nSPS) is 10.7. The Morgan fingerprint density at radius 1 is 1.39 bits per heavy atom.